The largest absolute Gasteiger partial charge is 0.492 e. The smallest absolute Gasteiger partial charge is 0.242 e. The molecule has 0 saturated carbocycles. The minimum atomic E-state index is -3.60. The summed E-state index contributed by atoms with van der Waals surface area (Å²) in [6.07, 6.45) is 2.67. The van der Waals surface area contributed by atoms with Gasteiger partial charge in [-0.25, -0.2) is 8.42 Å². The van der Waals surface area contributed by atoms with Gasteiger partial charge in [0.05, 0.1) is 18.6 Å². The number of sulfonamides is 1. The molecule has 2 aromatic carbocycles. The summed E-state index contributed by atoms with van der Waals surface area (Å²) >= 11 is 0. The van der Waals surface area contributed by atoms with Crippen LogP contribution in [0.1, 0.15) is 38.7 Å². The summed E-state index contributed by atoms with van der Waals surface area (Å²) < 4.78 is 32.0. The Morgan fingerprint density at radius 1 is 1.00 bits per heavy atom. The van der Waals surface area contributed by atoms with E-state index in [-0.39, 0.29) is 24.8 Å². The standard InChI is InChI=1S/C26H37N3O5S/c1-5-22(26(31)27-3)28(20-18-21-13-8-7-9-14-21)25(30)17-12-19-29(35(4,32)33)23-15-10-11-16-24(23)34-6-2/h7-11,13-16,22H,5-6,12,17-20H2,1-4H3,(H,27,31). The van der Waals surface area contributed by atoms with E-state index in [1.165, 1.54) is 4.31 Å². The van der Waals surface area contributed by atoms with Crippen molar-refractivity contribution in [3.8, 4) is 5.75 Å². The number of hydrogen-bond donors (Lipinski definition) is 1. The molecule has 0 aromatic heterocycles. The second kappa shape index (κ2) is 13.7. The fourth-order valence-corrected chi connectivity index (χ4v) is 4.95. The van der Waals surface area contributed by atoms with E-state index in [2.05, 4.69) is 5.32 Å². The number of carbonyl (C=O) groups is 2. The van der Waals surface area contributed by atoms with Crippen molar-refractivity contribution in [2.45, 2.75) is 45.6 Å². The van der Waals surface area contributed by atoms with Crippen LogP contribution in [0.5, 0.6) is 5.75 Å². The zero-order valence-corrected chi connectivity index (χ0v) is 21.9. The van der Waals surface area contributed by atoms with Gasteiger partial charge < -0.3 is 15.0 Å². The number of nitrogens with one attached hydrogen (secondary N) is 1. The molecule has 0 spiro atoms. The minimum Gasteiger partial charge on any atom is -0.492 e. The van der Waals surface area contributed by atoms with Gasteiger partial charge in [-0.2, -0.15) is 0 Å². The van der Waals surface area contributed by atoms with Crippen LogP contribution in [-0.2, 0) is 26.0 Å². The van der Waals surface area contributed by atoms with Gasteiger partial charge in [-0.15, -0.1) is 0 Å². The Balaban J connectivity index is 2.16. The van der Waals surface area contributed by atoms with Gasteiger partial charge in [0, 0.05) is 26.6 Å². The van der Waals surface area contributed by atoms with Gasteiger partial charge in [0.1, 0.15) is 11.8 Å². The molecular formula is C26H37N3O5S. The lowest BCUT2D eigenvalue weighted by Gasteiger charge is -2.31. The molecule has 0 aliphatic carbocycles. The molecule has 0 aliphatic heterocycles. The number of carbonyl (C=O) groups excluding carboxylic acids is 2. The number of amides is 2. The van der Waals surface area contributed by atoms with E-state index < -0.39 is 16.1 Å². The summed E-state index contributed by atoms with van der Waals surface area (Å²) in [6, 6.07) is 16.2. The Bertz CT molecular complexity index is 1060. The van der Waals surface area contributed by atoms with Crippen molar-refractivity contribution < 1.29 is 22.7 Å². The van der Waals surface area contributed by atoms with E-state index in [1.54, 1.807) is 36.2 Å². The Labute approximate surface area is 209 Å². The van der Waals surface area contributed by atoms with Crippen molar-refractivity contribution in [1.82, 2.24) is 10.2 Å². The molecule has 8 nitrogen and oxygen atoms in total. The maximum Gasteiger partial charge on any atom is 0.242 e. The molecule has 9 heteroatoms. The van der Waals surface area contributed by atoms with Gasteiger partial charge in [0.15, 0.2) is 0 Å². The molecule has 2 aromatic rings. The highest BCUT2D eigenvalue weighted by Gasteiger charge is 2.28. The van der Waals surface area contributed by atoms with Crippen LogP contribution in [0, 0.1) is 0 Å². The van der Waals surface area contributed by atoms with Crippen LogP contribution < -0.4 is 14.4 Å². The highest BCUT2D eigenvalue weighted by atomic mass is 32.2. The summed E-state index contributed by atoms with van der Waals surface area (Å²) in [5.74, 6) is 0.0853. The summed E-state index contributed by atoms with van der Waals surface area (Å²) in [7, 11) is -2.04. The maximum absolute atomic E-state index is 13.3. The third-order valence-corrected chi connectivity index (χ3v) is 6.88. The first-order chi connectivity index (χ1) is 16.7. The number of rotatable bonds is 14. The first-order valence-electron chi connectivity index (χ1n) is 12.0. The Kier molecular flexibility index (Phi) is 11.0. The van der Waals surface area contributed by atoms with Crippen LogP contribution in [0.4, 0.5) is 5.69 Å². The maximum atomic E-state index is 13.3. The molecule has 0 saturated heterocycles. The van der Waals surface area contributed by atoms with Gasteiger partial charge in [0.2, 0.25) is 21.8 Å². The predicted molar refractivity (Wildman–Crippen MR) is 139 cm³/mol. The van der Waals surface area contributed by atoms with Gasteiger partial charge in [-0.1, -0.05) is 49.4 Å². The average molecular weight is 504 g/mol. The van der Waals surface area contributed by atoms with E-state index in [9.17, 15) is 18.0 Å². The predicted octanol–water partition coefficient (Wildman–Crippen LogP) is 3.23. The summed E-state index contributed by atoms with van der Waals surface area (Å²) in [5, 5.41) is 2.65. The number of para-hydroxylation sites is 2. The van der Waals surface area contributed by atoms with E-state index >= 15 is 0 Å². The fourth-order valence-electron chi connectivity index (χ4n) is 3.99. The van der Waals surface area contributed by atoms with Crippen LogP contribution >= 0.6 is 0 Å². The molecular weight excluding hydrogens is 466 g/mol. The normalized spacial score (nSPS) is 12.0. The molecule has 1 atom stereocenters. The SMILES string of the molecule is CCOc1ccccc1N(CCCC(=O)N(CCc1ccccc1)C(CC)C(=O)NC)S(C)(=O)=O. The summed E-state index contributed by atoms with van der Waals surface area (Å²) in [5.41, 5.74) is 1.52. The van der Waals surface area contributed by atoms with Crippen molar-refractivity contribution in [1.29, 1.82) is 0 Å². The molecule has 192 valence electrons. The number of ether oxygens (including phenoxy) is 1. The number of benzene rings is 2. The third kappa shape index (κ3) is 8.28. The Morgan fingerprint density at radius 3 is 2.26 bits per heavy atom. The molecule has 0 aliphatic rings. The van der Waals surface area contributed by atoms with Crippen molar-refractivity contribution in [2.24, 2.45) is 0 Å². The van der Waals surface area contributed by atoms with E-state index in [4.69, 9.17) is 4.74 Å². The van der Waals surface area contributed by atoms with Crippen molar-refractivity contribution in [2.75, 3.05) is 37.3 Å². The topological polar surface area (TPSA) is 96.0 Å². The first kappa shape index (κ1) is 28.2. The first-order valence-corrected chi connectivity index (χ1v) is 13.8. The van der Waals surface area contributed by atoms with E-state index in [0.717, 1.165) is 11.8 Å². The quantitative estimate of drug-likeness (QED) is 0.427. The third-order valence-electron chi connectivity index (χ3n) is 5.70. The zero-order valence-electron chi connectivity index (χ0n) is 21.1. The Morgan fingerprint density at radius 2 is 1.66 bits per heavy atom. The molecule has 1 unspecified atom stereocenters. The minimum absolute atomic E-state index is 0.116. The van der Waals surface area contributed by atoms with Gasteiger partial charge in [0.25, 0.3) is 0 Å². The number of hydrogen-bond acceptors (Lipinski definition) is 5. The molecule has 2 amide bonds. The number of likely N-dealkylation sites (N-methyl/N-ethyl adjacent to an activating group) is 1. The highest BCUT2D eigenvalue weighted by Crippen LogP contribution is 2.30. The monoisotopic (exact) mass is 503 g/mol. The van der Waals surface area contributed by atoms with E-state index in [1.807, 2.05) is 44.2 Å². The Hall–Kier alpha value is -3.07. The van der Waals surface area contributed by atoms with Crippen molar-refractivity contribution >= 4 is 27.5 Å². The van der Waals surface area contributed by atoms with Crippen LogP contribution in [0.25, 0.3) is 0 Å². The molecule has 35 heavy (non-hydrogen) atoms. The van der Waals surface area contributed by atoms with Crippen LogP contribution in [0.3, 0.4) is 0 Å². The van der Waals surface area contributed by atoms with Crippen LogP contribution in [0.2, 0.25) is 0 Å². The summed E-state index contributed by atoms with van der Waals surface area (Å²) in [4.78, 5) is 27.4. The lowest BCUT2D eigenvalue weighted by atomic mass is 10.1. The van der Waals surface area contributed by atoms with Gasteiger partial charge >= 0.3 is 0 Å². The van der Waals surface area contributed by atoms with Gasteiger partial charge in [-0.05, 0) is 43.9 Å². The van der Waals surface area contributed by atoms with Gasteiger partial charge in [-0.3, -0.25) is 13.9 Å². The molecule has 2 rings (SSSR count). The fraction of sp³-hybridized carbons (Fsp3) is 0.462. The highest BCUT2D eigenvalue weighted by molar-refractivity contribution is 7.92. The zero-order chi connectivity index (χ0) is 25.8. The number of anilines is 1. The second-order valence-corrected chi connectivity index (χ2v) is 10.1. The second-order valence-electron chi connectivity index (χ2n) is 8.20. The van der Waals surface area contributed by atoms with Crippen molar-refractivity contribution in [3.05, 3.63) is 60.2 Å². The van der Waals surface area contributed by atoms with Crippen LogP contribution in [0.15, 0.2) is 54.6 Å². The average Bonchev–Trinajstić information content (AvgIpc) is 2.84. The molecule has 0 heterocycles. The summed E-state index contributed by atoms with van der Waals surface area (Å²) in [6.45, 7) is 4.64. The van der Waals surface area contributed by atoms with Crippen molar-refractivity contribution in [3.63, 3.8) is 0 Å². The van der Waals surface area contributed by atoms with Crippen LogP contribution in [-0.4, -0.2) is 64.2 Å². The molecule has 1 N–H and O–H groups in total. The molecule has 0 bridgehead atoms. The number of nitrogens with zero attached hydrogens (tertiary/aromatic N) is 2. The lowest BCUT2D eigenvalue weighted by Crippen LogP contribution is -2.49. The molecule has 0 fully saturated rings. The lowest BCUT2D eigenvalue weighted by molar-refractivity contribution is -0.140. The molecule has 0 radical (unpaired) electrons. The van der Waals surface area contributed by atoms with E-state index in [0.29, 0.717) is 43.9 Å².